The van der Waals surface area contributed by atoms with E-state index in [0.717, 1.165) is 17.8 Å². The second-order valence-corrected chi connectivity index (χ2v) is 4.50. The van der Waals surface area contributed by atoms with E-state index in [4.69, 9.17) is 4.74 Å². The molecule has 1 fully saturated rings. The molecule has 0 radical (unpaired) electrons. The number of aryl methyl sites for hydroxylation is 1. The predicted octanol–water partition coefficient (Wildman–Crippen LogP) is 2.76. The number of rotatable bonds is 3. The minimum atomic E-state index is 0.343. The molecule has 1 saturated carbocycles. The van der Waals surface area contributed by atoms with Crippen molar-refractivity contribution in [3.8, 4) is 0 Å². The molecule has 2 rings (SSSR count). The maximum atomic E-state index is 5.52. The number of aromatic nitrogens is 1. The quantitative estimate of drug-likeness (QED) is 0.850. The Labute approximate surface area is 97.2 Å². The lowest BCUT2D eigenvalue weighted by molar-refractivity contribution is 0.0606. The molecule has 2 atom stereocenters. The van der Waals surface area contributed by atoms with Crippen molar-refractivity contribution in [2.45, 2.75) is 44.8 Å². The van der Waals surface area contributed by atoms with Crippen molar-refractivity contribution in [3.05, 3.63) is 24.0 Å². The molecule has 1 aliphatic carbocycles. The van der Waals surface area contributed by atoms with Crippen LogP contribution in [0.4, 0.5) is 5.69 Å². The Morgan fingerprint density at radius 3 is 2.81 bits per heavy atom. The highest BCUT2D eigenvalue weighted by molar-refractivity contribution is 5.42. The van der Waals surface area contributed by atoms with Gasteiger partial charge in [-0.2, -0.15) is 0 Å². The van der Waals surface area contributed by atoms with E-state index < -0.39 is 0 Å². The molecule has 0 aliphatic heterocycles. The first-order valence-electron chi connectivity index (χ1n) is 6.01. The summed E-state index contributed by atoms with van der Waals surface area (Å²) in [6.07, 6.45) is 7.16. The van der Waals surface area contributed by atoms with Crippen LogP contribution in [0.3, 0.4) is 0 Å². The number of nitrogens with one attached hydrogen (secondary N) is 1. The van der Waals surface area contributed by atoms with Crippen molar-refractivity contribution in [2.75, 3.05) is 12.4 Å². The summed E-state index contributed by atoms with van der Waals surface area (Å²) in [5, 5.41) is 3.52. The number of anilines is 1. The van der Waals surface area contributed by atoms with Crippen LogP contribution >= 0.6 is 0 Å². The van der Waals surface area contributed by atoms with Gasteiger partial charge in [0.1, 0.15) is 0 Å². The maximum Gasteiger partial charge on any atom is 0.0772 e. The predicted molar refractivity (Wildman–Crippen MR) is 65.6 cm³/mol. The smallest absolute Gasteiger partial charge is 0.0772 e. The first kappa shape index (κ1) is 11.4. The summed E-state index contributed by atoms with van der Waals surface area (Å²) in [5.74, 6) is 0. The molecule has 3 nitrogen and oxygen atoms in total. The van der Waals surface area contributed by atoms with Crippen LogP contribution in [-0.2, 0) is 4.74 Å². The van der Waals surface area contributed by atoms with Crippen LogP contribution < -0.4 is 5.32 Å². The van der Waals surface area contributed by atoms with E-state index in [0.29, 0.717) is 12.1 Å². The molecule has 88 valence electrons. The third kappa shape index (κ3) is 2.73. The van der Waals surface area contributed by atoms with Crippen molar-refractivity contribution in [3.63, 3.8) is 0 Å². The van der Waals surface area contributed by atoms with Gasteiger partial charge in [0.25, 0.3) is 0 Å². The number of pyridine rings is 1. The summed E-state index contributed by atoms with van der Waals surface area (Å²) in [4.78, 5) is 4.29. The molecule has 1 heterocycles. The summed E-state index contributed by atoms with van der Waals surface area (Å²) in [7, 11) is 1.80. The van der Waals surface area contributed by atoms with Gasteiger partial charge in [0.2, 0.25) is 0 Å². The highest BCUT2D eigenvalue weighted by Crippen LogP contribution is 2.23. The molecule has 1 N–H and O–H groups in total. The topological polar surface area (TPSA) is 34.1 Å². The lowest BCUT2D eigenvalue weighted by Crippen LogP contribution is -2.37. The summed E-state index contributed by atoms with van der Waals surface area (Å²) in [6, 6.07) is 4.56. The number of hydrogen-bond donors (Lipinski definition) is 1. The lowest BCUT2D eigenvalue weighted by atomic mass is 9.92. The van der Waals surface area contributed by atoms with Crippen molar-refractivity contribution in [1.82, 2.24) is 4.98 Å². The molecule has 0 amide bonds. The first-order chi connectivity index (χ1) is 7.79. The van der Waals surface area contributed by atoms with E-state index in [1.165, 1.54) is 19.3 Å². The molecule has 16 heavy (non-hydrogen) atoms. The third-order valence-electron chi connectivity index (χ3n) is 3.27. The number of hydrogen-bond acceptors (Lipinski definition) is 3. The summed E-state index contributed by atoms with van der Waals surface area (Å²) in [5.41, 5.74) is 2.15. The van der Waals surface area contributed by atoms with Crippen LogP contribution in [0.15, 0.2) is 18.3 Å². The van der Waals surface area contributed by atoms with E-state index in [2.05, 4.69) is 16.4 Å². The Hall–Kier alpha value is -1.09. The van der Waals surface area contributed by atoms with Gasteiger partial charge in [0.15, 0.2) is 0 Å². The molecule has 3 heteroatoms. The Bertz CT molecular complexity index is 323. The second-order valence-electron chi connectivity index (χ2n) is 4.50. The number of ether oxygens (including phenoxy) is 1. The Morgan fingerprint density at radius 2 is 2.12 bits per heavy atom. The Kier molecular flexibility index (Phi) is 3.78. The molecular weight excluding hydrogens is 200 g/mol. The molecule has 0 bridgehead atoms. The molecule has 1 aromatic rings. The highest BCUT2D eigenvalue weighted by atomic mass is 16.5. The van der Waals surface area contributed by atoms with Crippen molar-refractivity contribution in [1.29, 1.82) is 0 Å². The van der Waals surface area contributed by atoms with Gasteiger partial charge in [0.05, 0.1) is 24.0 Å². The fraction of sp³-hybridized carbons (Fsp3) is 0.615. The van der Waals surface area contributed by atoms with Gasteiger partial charge < -0.3 is 10.1 Å². The van der Waals surface area contributed by atoms with E-state index in [1.54, 1.807) is 7.11 Å². The van der Waals surface area contributed by atoms with Gasteiger partial charge in [-0.3, -0.25) is 4.98 Å². The normalized spacial score (nSPS) is 25.4. The Morgan fingerprint density at radius 1 is 1.31 bits per heavy atom. The van der Waals surface area contributed by atoms with Crippen LogP contribution in [0.5, 0.6) is 0 Å². The lowest BCUT2D eigenvalue weighted by Gasteiger charge is -2.31. The van der Waals surface area contributed by atoms with Crippen molar-refractivity contribution in [2.24, 2.45) is 0 Å². The fourth-order valence-electron chi connectivity index (χ4n) is 2.31. The van der Waals surface area contributed by atoms with Crippen LogP contribution in [0.1, 0.15) is 31.4 Å². The fourth-order valence-corrected chi connectivity index (χ4v) is 2.31. The van der Waals surface area contributed by atoms with Crippen molar-refractivity contribution < 1.29 is 4.74 Å². The SMILES string of the molecule is COC1CCCCC1Nc1ccc(C)nc1. The first-order valence-corrected chi connectivity index (χ1v) is 6.01. The zero-order valence-electron chi connectivity index (χ0n) is 10.1. The molecule has 0 saturated heterocycles. The van der Waals surface area contributed by atoms with Gasteiger partial charge in [0, 0.05) is 12.8 Å². The summed E-state index contributed by atoms with van der Waals surface area (Å²) in [6.45, 7) is 2.00. The van der Waals surface area contributed by atoms with E-state index >= 15 is 0 Å². The van der Waals surface area contributed by atoms with Crippen LogP contribution in [0, 0.1) is 6.92 Å². The van der Waals surface area contributed by atoms with Gasteiger partial charge in [-0.1, -0.05) is 12.8 Å². The average molecular weight is 220 g/mol. The minimum Gasteiger partial charge on any atom is -0.379 e. The minimum absolute atomic E-state index is 0.343. The van der Waals surface area contributed by atoms with Crippen LogP contribution in [-0.4, -0.2) is 24.2 Å². The molecule has 1 aromatic heterocycles. The second kappa shape index (κ2) is 5.30. The zero-order chi connectivity index (χ0) is 11.4. The maximum absolute atomic E-state index is 5.52. The standard InChI is InChI=1S/C13H20N2O/c1-10-7-8-11(9-14-10)15-12-5-3-4-6-13(12)16-2/h7-9,12-13,15H,3-6H2,1-2H3. The number of nitrogens with zero attached hydrogens (tertiary/aromatic N) is 1. The molecule has 2 unspecified atom stereocenters. The van der Waals surface area contributed by atoms with Gasteiger partial charge in [-0.15, -0.1) is 0 Å². The van der Waals surface area contributed by atoms with E-state index in [-0.39, 0.29) is 0 Å². The molecule has 1 aliphatic rings. The van der Waals surface area contributed by atoms with Crippen LogP contribution in [0.25, 0.3) is 0 Å². The van der Waals surface area contributed by atoms with Crippen LogP contribution in [0.2, 0.25) is 0 Å². The monoisotopic (exact) mass is 220 g/mol. The van der Waals surface area contributed by atoms with E-state index in [1.807, 2.05) is 19.2 Å². The number of methoxy groups -OCH3 is 1. The van der Waals surface area contributed by atoms with Crippen molar-refractivity contribution >= 4 is 5.69 Å². The largest absolute Gasteiger partial charge is 0.379 e. The highest BCUT2D eigenvalue weighted by Gasteiger charge is 2.24. The molecule has 0 spiro atoms. The van der Waals surface area contributed by atoms with Gasteiger partial charge in [-0.25, -0.2) is 0 Å². The molecular formula is C13H20N2O. The average Bonchev–Trinajstić information content (AvgIpc) is 2.33. The van der Waals surface area contributed by atoms with E-state index in [9.17, 15) is 0 Å². The van der Waals surface area contributed by atoms with Gasteiger partial charge in [-0.05, 0) is 31.9 Å². The Balaban J connectivity index is 1.99. The summed E-state index contributed by atoms with van der Waals surface area (Å²) >= 11 is 0. The zero-order valence-corrected chi connectivity index (χ0v) is 10.1. The summed E-state index contributed by atoms with van der Waals surface area (Å²) < 4.78 is 5.52. The third-order valence-corrected chi connectivity index (χ3v) is 3.27. The molecule has 0 aromatic carbocycles. The van der Waals surface area contributed by atoms with Gasteiger partial charge >= 0.3 is 0 Å².